The molecule has 1 aromatic heterocycles. The van der Waals surface area contributed by atoms with E-state index in [0.717, 1.165) is 0 Å². The molecule has 0 saturated heterocycles. The first-order valence-electron chi connectivity index (χ1n) is 7.78. The quantitative estimate of drug-likeness (QED) is 0.654. The van der Waals surface area contributed by atoms with Crippen LogP contribution in [0.4, 0.5) is 5.69 Å². The van der Waals surface area contributed by atoms with Gasteiger partial charge in [0.25, 0.3) is 5.91 Å². The van der Waals surface area contributed by atoms with Crippen molar-refractivity contribution in [2.45, 2.75) is 0 Å². The van der Waals surface area contributed by atoms with E-state index in [4.69, 9.17) is 21.1 Å². The first-order chi connectivity index (χ1) is 12.5. The summed E-state index contributed by atoms with van der Waals surface area (Å²) in [7, 11) is 0. The van der Waals surface area contributed by atoms with Crippen LogP contribution < -0.4 is 5.32 Å². The molecule has 1 aliphatic heterocycles. The van der Waals surface area contributed by atoms with E-state index in [1.165, 1.54) is 12.1 Å². The minimum atomic E-state index is -1.00. The fourth-order valence-electron chi connectivity index (χ4n) is 2.84. The Balaban J connectivity index is 1.71. The second-order valence-corrected chi connectivity index (χ2v) is 6.23. The van der Waals surface area contributed by atoms with Crippen LogP contribution in [0.25, 0.3) is 23.0 Å². The molecule has 0 fully saturated rings. The van der Waals surface area contributed by atoms with Crippen molar-refractivity contribution < 1.29 is 19.1 Å². The Hall–Kier alpha value is -3.31. The third-order valence-electron chi connectivity index (χ3n) is 4.07. The maximum atomic E-state index is 12.2. The molecule has 0 radical (unpaired) electrons. The van der Waals surface area contributed by atoms with Crippen LogP contribution >= 0.6 is 11.6 Å². The number of aromatic carboxylic acids is 1. The van der Waals surface area contributed by atoms with Crippen LogP contribution in [0.1, 0.15) is 21.7 Å². The van der Waals surface area contributed by atoms with E-state index in [-0.39, 0.29) is 11.5 Å². The van der Waals surface area contributed by atoms with E-state index in [1.54, 1.807) is 48.5 Å². The van der Waals surface area contributed by atoms with Gasteiger partial charge in [-0.2, -0.15) is 0 Å². The Morgan fingerprint density at radius 1 is 1.12 bits per heavy atom. The van der Waals surface area contributed by atoms with Gasteiger partial charge < -0.3 is 14.8 Å². The molecule has 4 rings (SSSR count). The fraction of sp³-hybridized carbons (Fsp3) is 0. The van der Waals surface area contributed by atoms with E-state index < -0.39 is 5.97 Å². The van der Waals surface area contributed by atoms with Crippen LogP contribution in [-0.4, -0.2) is 17.0 Å². The van der Waals surface area contributed by atoms with Crippen LogP contribution in [0.3, 0.4) is 0 Å². The molecule has 0 saturated carbocycles. The summed E-state index contributed by atoms with van der Waals surface area (Å²) in [6.07, 6.45) is 1.64. The summed E-state index contributed by atoms with van der Waals surface area (Å²) in [4.78, 5) is 23.3. The SMILES string of the molecule is O=C1Nc2ccc(Cl)cc2/C1=C\c1ccc(-c2cccc(C(=O)O)c2)o1. The molecule has 2 N–H and O–H groups in total. The van der Waals surface area contributed by atoms with Gasteiger partial charge in [0, 0.05) is 21.8 Å². The lowest BCUT2D eigenvalue weighted by Crippen LogP contribution is -2.03. The van der Waals surface area contributed by atoms with Gasteiger partial charge in [0.15, 0.2) is 0 Å². The van der Waals surface area contributed by atoms with E-state index in [1.807, 2.05) is 0 Å². The van der Waals surface area contributed by atoms with Crippen molar-refractivity contribution in [2.75, 3.05) is 5.32 Å². The summed E-state index contributed by atoms with van der Waals surface area (Å²) in [6.45, 7) is 0. The number of carboxylic acids is 1. The van der Waals surface area contributed by atoms with Gasteiger partial charge in [0.05, 0.1) is 11.1 Å². The zero-order valence-electron chi connectivity index (χ0n) is 13.3. The molecule has 0 bridgehead atoms. The van der Waals surface area contributed by atoms with Crippen molar-refractivity contribution in [1.82, 2.24) is 0 Å². The standard InChI is InChI=1S/C20H12ClNO4/c21-13-4-6-17-15(9-13)16(19(23)22-17)10-14-5-7-18(26-14)11-2-1-3-12(8-11)20(24)25/h1-10H,(H,22,23)(H,24,25)/b16-10+. The lowest BCUT2D eigenvalue weighted by molar-refractivity contribution is -0.110. The zero-order valence-corrected chi connectivity index (χ0v) is 14.1. The number of fused-ring (bicyclic) bond motifs is 1. The van der Waals surface area contributed by atoms with Gasteiger partial charge in [-0.3, -0.25) is 4.79 Å². The molecule has 0 aliphatic carbocycles. The number of rotatable bonds is 3. The fourth-order valence-corrected chi connectivity index (χ4v) is 3.01. The Morgan fingerprint density at radius 2 is 1.96 bits per heavy atom. The zero-order chi connectivity index (χ0) is 18.3. The minimum absolute atomic E-state index is 0.178. The van der Waals surface area contributed by atoms with E-state index in [9.17, 15) is 9.59 Å². The summed E-state index contributed by atoms with van der Waals surface area (Å²) in [5.74, 6) is -0.228. The molecular weight excluding hydrogens is 354 g/mol. The maximum Gasteiger partial charge on any atom is 0.335 e. The highest BCUT2D eigenvalue weighted by molar-refractivity contribution is 6.36. The number of hydrogen-bond donors (Lipinski definition) is 2. The highest BCUT2D eigenvalue weighted by atomic mass is 35.5. The van der Waals surface area contributed by atoms with Crippen LogP contribution in [-0.2, 0) is 4.79 Å². The van der Waals surface area contributed by atoms with Crippen molar-refractivity contribution in [3.63, 3.8) is 0 Å². The normalized spacial score (nSPS) is 14.3. The van der Waals surface area contributed by atoms with Gasteiger partial charge in [0.1, 0.15) is 11.5 Å². The van der Waals surface area contributed by atoms with E-state index >= 15 is 0 Å². The molecule has 0 unspecified atom stereocenters. The highest BCUT2D eigenvalue weighted by Gasteiger charge is 2.24. The number of hydrogen-bond acceptors (Lipinski definition) is 3. The Morgan fingerprint density at radius 3 is 2.77 bits per heavy atom. The molecule has 6 heteroatoms. The Bertz CT molecular complexity index is 1080. The lowest BCUT2D eigenvalue weighted by atomic mass is 10.1. The van der Waals surface area contributed by atoms with Crippen molar-refractivity contribution in [2.24, 2.45) is 0 Å². The molecule has 1 aliphatic rings. The van der Waals surface area contributed by atoms with Gasteiger partial charge in [-0.25, -0.2) is 4.79 Å². The number of carboxylic acid groups (broad SMARTS) is 1. The summed E-state index contributed by atoms with van der Waals surface area (Å²) < 4.78 is 5.78. The Labute approximate surface area is 153 Å². The molecule has 128 valence electrons. The van der Waals surface area contributed by atoms with Crippen LogP contribution in [0.2, 0.25) is 5.02 Å². The molecular formula is C20H12ClNO4. The molecule has 2 aromatic carbocycles. The summed E-state index contributed by atoms with van der Waals surface area (Å²) in [6, 6.07) is 15.1. The number of anilines is 1. The number of halogens is 1. The molecule has 1 amide bonds. The molecule has 0 atom stereocenters. The van der Waals surface area contributed by atoms with Crippen molar-refractivity contribution in [1.29, 1.82) is 0 Å². The highest BCUT2D eigenvalue weighted by Crippen LogP contribution is 2.35. The van der Waals surface area contributed by atoms with Gasteiger partial charge in [-0.1, -0.05) is 23.7 Å². The molecule has 0 spiro atoms. The third kappa shape index (κ3) is 2.89. The lowest BCUT2D eigenvalue weighted by Gasteiger charge is -2.00. The average molecular weight is 366 g/mol. The number of amides is 1. The summed E-state index contributed by atoms with van der Waals surface area (Å²) in [5.41, 5.74) is 2.70. The number of furan rings is 1. The number of nitrogens with one attached hydrogen (secondary N) is 1. The molecule has 3 aromatic rings. The van der Waals surface area contributed by atoms with Gasteiger partial charge in [0.2, 0.25) is 0 Å². The third-order valence-corrected chi connectivity index (χ3v) is 4.31. The number of carbonyl (C=O) groups excluding carboxylic acids is 1. The van der Waals surface area contributed by atoms with Gasteiger partial charge >= 0.3 is 5.97 Å². The van der Waals surface area contributed by atoms with Crippen molar-refractivity contribution in [3.05, 3.63) is 76.5 Å². The topological polar surface area (TPSA) is 79.5 Å². The minimum Gasteiger partial charge on any atom is -0.478 e. The van der Waals surface area contributed by atoms with Gasteiger partial charge in [-0.05, 0) is 48.5 Å². The number of carbonyl (C=O) groups is 2. The average Bonchev–Trinajstić information content (AvgIpc) is 3.21. The Kier molecular flexibility index (Phi) is 3.86. The van der Waals surface area contributed by atoms with Crippen molar-refractivity contribution >= 4 is 40.8 Å². The van der Waals surface area contributed by atoms with Crippen molar-refractivity contribution in [3.8, 4) is 11.3 Å². The predicted octanol–water partition coefficient (Wildman–Crippen LogP) is 4.79. The first-order valence-corrected chi connectivity index (χ1v) is 8.15. The van der Waals surface area contributed by atoms with Crippen LogP contribution in [0, 0.1) is 0 Å². The monoisotopic (exact) mass is 365 g/mol. The van der Waals surface area contributed by atoms with Gasteiger partial charge in [-0.15, -0.1) is 0 Å². The predicted molar refractivity (Wildman–Crippen MR) is 99.1 cm³/mol. The smallest absolute Gasteiger partial charge is 0.335 e. The largest absolute Gasteiger partial charge is 0.478 e. The second-order valence-electron chi connectivity index (χ2n) is 5.79. The van der Waals surface area contributed by atoms with E-state index in [2.05, 4.69) is 5.32 Å². The van der Waals surface area contributed by atoms with Crippen LogP contribution in [0.5, 0.6) is 0 Å². The molecule has 2 heterocycles. The van der Waals surface area contributed by atoms with E-state index in [0.29, 0.717) is 38.9 Å². The molecule has 26 heavy (non-hydrogen) atoms. The summed E-state index contributed by atoms with van der Waals surface area (Å²) in [5, 5.41) is 12.4. The second kappa shape index (κ2) is 6.20. The summed E-state index contributed by atoms with van der Waals surface area (Å²) >= 11 is 6.03. The number of benzene rings is 2. The molecule has 5 nitrogen and oxygen atoms in total. The van der Waals surface area contributed by atoms with Crippen LogP contribution in [0.15, 0.2) is 59.0 Å². The first kappa shape index (κ1) is 16.2. The maximum absolute atomic E-state index is 12.2.